The van der Waals surface area contributed by atoms with Crippen LogP contribution in [0.2, 0.25) is 0 Å². The number of hydrogen-bond donors (Lipinski definition) is 2. The Bertz CT molecular complexity index is 553. The molecule has 0 saturated carbocycles. The Kier molecular flexibility index (Phi) is 5.22. The van der Waals surface area contributed by atoms with Crippen LogP contribution in [-0.4, -0.2) is 23.2 Å². The Morgan fingerprint density at radius 2 is 2.05 bits per heavy atom. The molecule has 1 atom stereocenters. The largest absolute Gasteiger partial charge is 0.493 e. The van der Waals surface area contributed by atoms with E-state index in [0.29, 0.717) is 0 Å². The molecule has 114 valence electrons. The molecular formula is C16H23N3O2. The Morgan fingerprint density at radius 1 is 1.24 bits per heavy atom. The van der Waals surface area contributed by atoms with Crippen molar-refractivity contribution < 1.29 is 9.47 Å². The molecule has 0 radical (unpaired) electrons. The molecule has 0 bridgehead atoms. The van der Waals surface area contributed by atoms with Gasteiger partial charge in [0.05, 0.1) is 19.3 Å². The summed E-state index contributed by atoms with van der Waals surface area (Å²) in [6, 6.07) is 6.16. The molecule has 1 aromatic heterocycles. The summed E-state index contributed by atoms with van der Waals surface area (Å²) in [6.45, 7) is 6.81. The van der Waals surface area contributed by atoms with Gasteiger partial charge in [-0.25, -0.2) is 4.98 Å². The molecule has 0 amide bonds. The van der Waals surface area contributed by atoms with E-state index >= 15 is 0 Å². The molecule has 2 N–H and O–H groups in total. The number of H-pyrrole nitrogens is 1. The maximum atomic E-state index is 5.72. The van der Waals surface area contributed by atoms with E-state index in [-0.39, 0.29) is 12.1 Å². The van der Waals surface area contributed by atoms with E-state index in [2.05, 4.69) is 22.2 Å². The molecule has 5 heteroatoms. The Balaban J connectivity index is 2.00. The van der Waals surface area contributed by atoms with E-state index in [1.54, 1.807) is 13.3 Å². The van der Waals surface area contributed by atoms with Crippen LogP contribution in [0.15, 0.2) is 30.6 Å². The second-order valence-corrected chi connectivity index (χ2v) is 5.23. The molecule has 5 nitrogen and oxygen atoms in total. The normalized spacial score (nSPS) is 12.4. The van der Waals surface area contributed by atoms with Gasteiger partial charge in [-0.3, -0.25) is 0 Å². The van der Waals surface area contributed by atoms with Crippen molar-refractivity contribution in [3.8, 4) is 11.5 Å². The fourth-order valence-corrected chi connectivity index (χ4v) is 2.06. The molecule has 21 heavy (non-hydrogen) atoms. The molecule has 0 aliphatic heterocycles. The van der Waals surface area contributed by atoms with Gasteiger partial charge < -0.3 is 19.8 Å². The van der Waals surface area contributed by atoms with E-state index in [1.165, 1.54) is 0 Å². The first kappa shape index (κ1) is 15.4. The van der Waals surface area contributed by atoms with Gasteiger partial charge in [-0.2, -0.15) is 0 Å². The number of ether oxygens (including phenoxy) is 2. The van der Waals surface area contributed by atoms with Crippen molar-refractivity contribution in [3.05, 3.63) is 42.0 Å². The lowest BCUT2D eigenvalue weighted by Crippen LogP contribution is -2.19. The molecule has 1 unspecified atom stereocenters. The lowest BCUT2D eigenvalue weighted by Gasteiger charge is -2.16. The number of benzene rings is 1. The monoisotopic (exact) mass is 289 g/mol. The van der Waals surface area contributed by atoms with E-state index in [0.717, 1.165) is 29.4 Å². The molecule has 0 fully saturated rings. The van der Waals surface area contributed by atoms with Gasteiger partial charge in [0.25, 0.3) is 0 Å². The second-order valence-electron chi connectivity index (χ2n) is 5.23. The molecule has 0 aliphatic rings. The summed E-state index contributed by atoms with van der Waals surface area (Å²) in [6.07, 6.45) is 3.71. The SMILES string of the molecule is COc1cc(CNC(C)c2ncc[nH]2)ccc1OC(C)C. The predicted octanol–water partition coefficient (Wildman–Crippen LogP) is 3.06. The zero-order valence-electron chi connectivity index (χ0n) is 13.0. The van der Waals surface area contributed by atoms with Crippen LogP contribution in [0.25, 0.3) is 0 Å². The summed E-state index contributed by atoms with van der Waals surface area (Å²) in [4.78, 5) is 7.35. The molecule has 2 rings (SSSR count). The van der Waals surface area contributed by atoms with Crippen LogP contribution in [0, 0.1) is 0 Å². The van der Waals surface area contributed by atoms with Crippen molar-refractivity contribution in [1.29, 1.82) is 0 Å². The van der Waals surface area contributed by atoms with Crippen molar-refractivity contribution in [1.82, 2.24) is 15.3 Å². The number of imidazole rings is 1. The van der Waals surface area contributed by atoms with Crippen LogP contribution in [-0.2, 0) is 6.54 Å². The standard InChI is InChI=1S/C16H23N3O2/c1-11(2)21-14-6-5-13(9-15(14)20-4)10-19-12(3)16-17-7-8-18-16/h5-9,11-12,19H,10H2,1-4H3,(H,17,18). The molecule has 0 saturated heterocycles. The molecule has 0 spiro atoms. The fourth-order valence-electron chi connectivity index (χ4n) is 2.06. The van der Waals surface area contributed by atoms with E-state index in [9.17, 15) is 0 Å². The third kappa shape index (κ3) is 4.23. The lowest BCUT2D eigenvalue weighted by molar-refractivity contribution is 0.230. The first-order valence-corrected chi connectivity index (χ1v) is 7.16. The quantitative estimate of drug-likeness (QED) is 0.822. The van der Waals surface area contributed by atoms with Gasteiger partial charge in [0.15, 0.2) is 11.5 Å². The van der Waals surface area contributed by atoms with Gasteiger partial charge >= 0.3 is 0 Å². The fraction of sp³-hybridized carbons (Fsp3) is 0.438. The number of methoxy groups -OCH3 is 1. The minimum atomic E-state index is 0.127. The smallest absolute Gasteiger partial charge is 0.161 e. The maximum absolute atomic E-state index is 5.72. The summed E-state index contributed by atoms with van der Waals surface area (Å²) in [5.74, 6) is 2.46. The first-order valence-electron chi connectivity index (χ1n) is 7.16. The van der Waals surface area contributed by atoms with Crippen LogP contribution >= 0.6 is 0 Å². The molecule has 1 aromatic carbocycles. The van der Waals surface area contributed by atoms with Crippen LogP contribution in [0.4, 0.5) is 0 Å². The topological polar surface area (TPSA) is 59.2 Å². The maximum Gasteiger partial charge on any atom is 0.161 e. The second kappa shape index (κ2) is 7.13. The van der Waals surface area contributed by atoms with Crippen LogP contribution < -0.4 is 14.8 Å². The Labute approximate surface area is 125 Å². The lowest BCUT2D eigenvalue weighted by atomic mass is 10.2. The average Bonchev–Trinajstić information content (AvgIpc) is 2.99. The van der Waals surface area contributed by atoms with Gasteiger partial charge in [-0.15, -0.1) is 0 Å². The number of aromatic nitrogens is 2. The Morgan fingerprint density at radius 3 is 2.67 bits per heavy atom. The predicted molar refractivity (Wildman–Crippen MR) is 82.6 cm³/mol. The number of nitrogens with zero attached hydrogens (tertiary/aromatic N) is 1. The van der Waals surface area contributed by atoms with Crippen LogP contribution in [0.5, 0.6) is 11.5 Å². The molecule has 1 heterocycles. The van der Waals surface area contributed by atoms with Gasteiger partial charge in [-0.05, 0) is 38.5 Å². The zero-order valence-corrected chi connectivity index (χ0v) is 13.0. The number of hydrogen-bond acceptors (Lipinski definition) is 4. The van der Waals surface area contributed by atoms with Crippen molar-refractivity contribution in [2.24, 2.45) is 0 Å². The third-order valence-corrected chi connectivity index (χ3v) is 3.13. The molecular weight excluding hydrogens is 266 g/mol. The summed E-state index contributed by atoms with van der Waals surface area (Å²) < 4.78 is 11.1. The van der Waals surface area contributed by atoms with Crippen molar-refractivity contribution in [3.63, 3.8) is 0 Å². The number of aromatic amines is 1. The minimum Gasteiger partial charge on any atom is -0.493 e. The average molecular weight is 289 g/mol. The van der Waals surface area contributed by atoms with E-state index < -0.39 is 0 Å². The Hall–Kier alpha value is -2.01. The highest BCUT2D eigenvalue weighted by atomic mass is 16.5. The van der Waals surface area contributed by atoms with E-state index in [4.69, 9.17) is 9.47 Å². The highest BCUT2D eigenvalue weighted by molar-refractivity contribution is 5.43. The van der Waals surface area contributed by atoms with Crippen molar-refractivity contribution in [2.45, 2.75) is 39.5 Å². The first-order chi connectivity index (χ1) is 10.1. The summed E-state index contributed by atoms with van der Waals surface area (Å²) in [7, 11) is 1.66. The highest BCUT2D eigenvalue weighted by Crippen LogP contribution is 2.29. The van der Waals surface area contributed by atoms with Crippen LogP contribution in [0.1, 0.15) is 38.2 Å². The molecule has 2 aromatic rings. The third-order valence-electron chi connectivity index (χ3n) is 3.13. The number of nitrogens with one attached hydrogen (secondary N) is 2. The summed E-state index contributed by atoms with van der Waals surface area (Å²) in [5.41, 5.74) is 1.14. The van der Waals surface area contributed by atoms with Gasteiger partial charge in [0, 0.05) is 18.9 Å². The van der Waals surface area contributed by atoms with Crippen molar-refractivity contribution >= 4 is 0 Å². The summed E-state index contributed by atoms with van der Waals surface area (Å²) in [5, 5.41) is 3.42. The summed E-state index contributed by atoms with van der Waals surface area (Å²) >= 11 is 0. The van der Waals surface area contributed by atoms with Crippen molar-refractivity contribution in [2.75, 3.05) is 7.11 Å². The van der Waals surface area contributed by atoms with E-state index in [1.807, 2.05) is 38.2 Å². The zero-order chi connectivity index (χ0) is 15.2. The van der Waals surface area contributed by atoms with Crippen LogP contribution in [0.3, 0.4) is 0 Å². The highest BCUT2D eigenvalue weighted by Gasteiger charge is 2.10. The number of rotatable bonds is 7. The van der Waals surface area contributed by atoms with Gasteiger partial charge in [0.1, 0.15) is 5.82 Å². The van der Waals surface area contributed by atoms with Gasteiger partial charge in [-0.1, -0.05) is 6.07 Å². The minimum absolute atomic E-state index is 0.127. The molecule has 0 aliphatic carbocycles. The van der Waals surface area contributed by atoms with Gasteiger partial charge in [0.2, 0.25) is 0 Å².